The molecule has 0 fully saturated rings. The van der Waals surface area contributed by atoms with E-state index in [0.717, 1.165) is 15.6 Å². The van der Waals surface area contributed by atoms with Crippen LogP contribution in [-0.2, 0) is 0 Å². The molecule has 0 aliphatic carbocycles. The van der Waals surface area contributed by atoms with Gasteiger partial charge in [-0.2, -0.15) is 5.10 Å². The maximum Gasteiger partial charge on any atom is 0.271 e. The van der Waals surface area contributed by atoms with Crippen molar-refractivity contribution in [3.05, 3.63) is 86.1 Å². The molecule has 7 nitrogen and oxygen atoms in total. The molecular weight excluding hydrogens is 414 g/mol. The number of amides is 1. The van der Waals surface area contributed by atoms with Crippen molar-refractivity contribution in [1.82, 2.24) is 5.43 Å². The number of carbonyl (C=O) groups is 1. The fraction of sp³-hybridized carbons (Fsp3) is 0.0526. The monoisotopic (exact) mass is 427 g/mol. The van der Waals surface area contributed by atoms with Crippen molar-refractivity contribution in [1.29, 1.82) is 0 Å². The van der Waals surface area contributed by atoms with Crippen LogP contribution in [0, 0.1) is 17.0 Å². The maximum atomic E-state index is 12.0. The zero-order chi connectivity index (χ0) is 19.4. The Hall–Kier alpha value is -3.26. The van der Waals surface area contributed by atoms with Gasteiger partial charge in [0.05, 0.1) is 11.1 Å². The van der Waals surface area contributed by atoms with Gasteiger partial charge >= 0.3 is 0 Å². The van der Waals surface area contributed by atoms with E-state index in [-0.39, 0.29) is 11.3 Å². The smallest absolute Gasteiger partial charge is 0.271 e. The van der Waals surface area contributed by atoms with Gasteiger partial charge in [-0.25, -0.2) is 5.43 Å². The second-order valence-electron chi connectivity index (χ2n) is 5.67. The number of hydrogen-bond donors (Lipinski definition) is 1. The van der Waals surface area contributed by atoms with Crippen LogP contribution in [0.25, 0.3) is 11.3 Å². The van der Waals surface area contributed by atoms with Gasteiger partial charge in [0, 0.05) is 27.7 Å². The van der Waals surface area contributed by atoms with Crippen LogP contribution in [-0.4, -0.2) is 17.0 Å². The number of benzene rings is 2. The van der Waals surface area contributed by atoms with Crippen LogP contribution in [0.5, 0.6) is 0 Å². The first-order chi connectivity index (χ1) is 12.9. The minimum atomic E-state index is -0.562. The molecule has 1 amide bonds. The molecule has 0 bridgehead atoms. The second-order valence-corrected chi connectivity index (χ2v) is 6.53. The summed E-state index contributed by atoms with van der Waals surface area (Å²) in [5.74, 6) is 0.576. The highest BCUT2D eigenvalue weighted by Crippen LogP contribution is 2.26. The first-order valence-corrected chi connectivity index (χ1v) is 8.67. The Bertz CT molecular complexity index is 1040. The quantitative estimate of drug-likeness (QED) is 0.362. The number of hydrazone groups is 1. The number of nitrogens with zero attached hydrogens (tertiary/aromatic N) is 2. The molecule has 0 aliphatic rings. The third-order valence-electron chi connectivity index (χ3n) is 3.76. The van der Waals surface area contributed by atoms with Gasteiger partial charge in [0.25, 0.3) is 11.6 Å². The maximum absolute atomic E-state index is 12.0. The van der Waals surface area contributed by atoms with Crippen molar-refractivity contribution in [2.75, 3.05) is 0 Å². The Morgan fingerprint density at radius 3 is 2.78 bits per heavy atom. The van der Waals surface area contributed by atoms with E-state index in [4.69, 9.17) is 4.42 Å². The minimum absolute atomic E-state index is 0.144. The van der Waals surface area contributed by atoms with Crippen LogP contribution < -0.4 is 5.43 Å². The van der Waals surface area contributed by atoms with Crippen LogP contribution in [0.1, 0.15) is 21.7 Å². The third kappa shape index (κ3) is 4.48. The van der Waals surface area contributed by atoms with Crippen LogP contribution in [0.15, 0.2) is 68.6 Å². The number of non-ortho nitro benzene ring substituents is 1. The summed E-state index contributed by atoms with van der Waals surface area (Å²) in [6.45, 7) is 2.00. The highest BCUT2D eigenvalue weighted by atomic mass is 79.9. The molecule has 2 aromatic carbocycles. The zero-order valence-electron chi connectivity index (χ0n) is 14.2. The van der Waals surface area contributed by atoms with Crippen LogP contribution in [0.3, 0.4) is 0 Å². The van der Waals surface area contributed by atoms with Gasteiger partial charge in [-0.3, -0.25) is 14.9 Å². The van der Waals surface area contributed by atoms with Gasteiger partial charge in [0.2, 0.25) is 0 Å². The molecule has 1 N–H and O–H groups in total. The SMILES string of the molecule is Cc1ccc(-c2ccc(/C=N/NC(=O)c3cccc([N+](=O)[O-])c3)o2)cc1Br. The predicted octanol–water partition coefficient (Wildman–Crippen LogP) is 4.69. The fourth-order valence-electron chi connectivity index (χ4n) is 2.30. The number of aryl methyl sites for hydroxylation is 1. The highest BCUT2D eigenvalue weighted by Gasteiger charge is 2.11. The molecule has 3 rings (SSSR count). The summed E-state index contributed by atoms with van der Waals surface area (Å²) in [6.07, 6.45) is 1.36. The van der Waals surface area contributed by atoms with E-state index in [1.165, 1.54) is 30.5 Å². The molecule has 0 radical (unpaired) electrons. The summed E-state index contributed by atoms with van der Waals surface area (Å²) in [7, 11) is 0. The molecule has 1 heterocycles. The van der Waals surface area contributed by atoms with Crippen molar-refractivity contribution < 1.29 is 14.1 Å². The lowest BCUT2D eigenvalue weighted by Crippen LogP contribution is -2.17. The summed E-state index contributed by atoms with van der Waals surface area (Å²) < 4.78 is 6.67. The Morgan fingerprint density at radius 1 is 1.22 bits per heavy atom. The molecule has 27 heavy (non-hydrogen) atoms. The first kappa shape index (κ1) is 18.5. The number of hydrogen-bond acceptors (Lipinski definition) is 5. The standard InChI is InChI=1S/C19H14BrN3O4/c1-12-5-6-13(10-17(12)20)18-8-7-16(27-18)11-21-22-19(24)14-3-2-4-15(9-14)23(25)26/h2-11H,1H3,(H,22,24)/b21-11+. The van der Waals surface area contributed by atoms with E-state index in [0.29, 0.717) is 11.5 Å². The van der Waals surface area contributed by atoms with Crippen molar-refractivity contribution >= 4 is 33.7 Å². The lowest BCUT2D eigenvalue weighted by atomic mass is 10.1. The Morgan fingerprint density at radius 2 is 2.04 bits per heavy atom. The number of nitrogens with one attached hydrogen (secondary N) is 1. The Balaban J connectivity index is 1.67. The zero-order valence-corrected chi connectivity index (χ0v) is 15.8. The number of carbonyl (C=O) groups excluding carboxylic acids is 1. The van der Waals surface area contributed by atoms with E-state index in [1.807, 2.05) is 25.1 Å². The lowest BCUT2D eigenvalue weighted by Gasteiger charge is -2.01. The summed E-state index contributed by atoms with van der Waals surface area (Å²) >= 11 is 3.49. The molecule has 0 unspecified atom stereocenters. The molecule has 136 valence electrons. The van der Waals surface area contributed by atoms with Gasteiger partial charge in [0.1, 0.15) is 11.5 Å². The number of nitro groups is 1. The van der Waals surface area contributed by atoms with Crippen LogP contribution in [0.2, 0.25) is 0 Å². The van der Waals surface area contributed by atoms with E-state index in [2.05, 4.69) is 26.5 Å². The van der Waals surface area contributed by atoms with E-state index in [9.17, 15) is 14.9 Å². The van der Waals surface area contributed by atoms with Gasteiger partial charge in [-0.1, -0.05) is 34.1 Å². The summed E-state index contributed by atoms with van der Waals surface area (Å²) in [6, 6.07) is 14.8. The number of furan rings is 1. The second kappa shape index (κ2) is 7.96. The van der Waals surface area contributed by atoms with Crippen LogP contribution >= 0.6 is 15.9 Å². The molecule has 8 heteroatoms. The minimum Gasteiger partial charge on any atom is -0.455 e. The fourth-order valence-corrected chi connectivity index (χ4v) is 2.68. The lowest BCUT2D eigenvalue weighted by molar-refractivity contribution is -0.384. The van der Waals surface area contributed by atoms with Gasteiger partial charge in [0.15, 0.2) is 0 Å². The van der Waals surface area contributed by atoms with Crippen molar-refractivity contribution in [2.45, 2.75) is 6.92 Å². The molecular formula is C19H14BrN3O4. The third-order valence-corrected chi connectivity index (χ3v) is 4.61. The van der Waals surface area contributed by atoms with E-state index < -0.39 is 10.8 Å². The van der Waals surface area contributed by atoms with E-state index >= 15 is 0 Å². The molecule has 0 atom stereocenters. The molecule has 0 aliphatic heterocycles. The highest BCUT2D eigenvalue weighted by molar-refractivity contribution is 9.10. The van der Waals surface area contributed by atoms with Gasteiger partial charge < -0.3 is 4.42 Å². The average Bonchev–Trinajstić information content (AvgIpc) is 3.13. The Labute approximate surface area is 163 Å². The molecule has 0 saturated heterocycles. The van der Waals surface area contributed by atoms with Gasteiger partial charge in [-0.15, -0.1) is 0 Å². The van der Waals surface area contributed by atoms with Crippen molar-refractivity contribution in [3.63, 3.8) is 0 Å². The summed E-state index contributed by atoms with van der Waals surface area (Å²) in [4.78, 5) is 22.2. The number of rotatable bonds is 5. The normalized spacial score (nSPS) is 10.9. The average molecular weight is 428 g/mol. The molecule has 3 aromatic rings. The van der Waals surface area contributed by atoms with Gasteiger partial charge in [-0.05, 0) is 36.8 Å². The van der Waals surface area contributed by atoms with Crippen molar-refractivity contribution in [3.8, 4) is 11.3 Å². The number of nitro benzene ring substituents is 1. The van der Waals surface area contributed by atoms with E-state index in [1.54, 1.807) is 12.1 Å². The van der Waals surface area contributed by atoms with Crippen LogP contribution in [0.4, 0.5) is 5.69 Å². The predicted molar refractivity (Wildman–Crippen MR) is 105 cm³/mol. The van der Waals surface area contributed by atoms with Crippen molar-refractivity contribution in [2.24, 2.45) is 5.10 Å². The number of halogens is 1. The topological polar surface area (TPSA) is 97.7 Å². The Kier molecular flexibility index (Phi) is 5.46. The first-order valence-electron chi connectivity index (χ1n) is 7.88. The largest absolute Gasteiger partial charge is 0.455 e. The summed E-state index contributed by atoms with van der Waals surface area (Å²) in [5.41, 5.74) is 4.33. The molecule has 0 spiro atoms. The molecule has 1 aromatic heterocycles. The molecule has 0 saturated carbocycles. The summed E-state index contributed by atoms with van der Waals surface area (Å²) in [5, 5.41) is 14.6.